The van der Waals surface area contributed by atoms with Crippen molar-refractivity contribution in [2.75, 3.05) is 37.7 Å². The van der Waals surface area contributed by atoms with E-state index in [2.05, 4.69) is 51.3 Å². The zero-order valence-corrected chi connectivity index (χ0v) is 14.2. The minimum absolute atomic E-state index is 0.110. The van der Waals surface area contributed by atoms with Gasteiger partial charge in [-0.1, -0.05) is 13.0 Å². The van der Waals surface area contributed by atoms with Gasteiger partial charge < -0.3 is 20.1 Å². The first-order chi connectivity index (χ1) is 10.2. The zero-order chi connectivity index (χ0) is 15.1. The van der Waals surface area contributed by atoms with Crippen molar-refractivity contribution in [2.45, 2.75) is 32.4 Å². The number of rotatable bonds is 7. The van der Waals surface area contributed by atoms with Gasteiger partial charge in [0.1, 0.15) is 0 Å². The van der Waals surface area contributed by atoms with Gasteiger partial charge in [-0.2, -0.15) is 0 Å². The first-order valence-corrected chi connectivity index (χ1v) is 8.50. The summed E-state index contributed by atoms with van der Waals surface area (Å²) in [5, 5.41) is 12.1. The van der Waals surface area contributed by atoms with Gasteiger partial charge in [-0.15, -0.1) is 0 Å². The molecule has 2 N–H and O–H groups in total. The summed E-state index contributed by atoms with van der Waals surface area (Å²) in [6, 6.07) is 6.59. The van der Waals surface area contributed by atoms with E-state index < -0.39 is 0 Å². The number of ether oxygens (including phenoxy) is 1. The molecule has 0 saturated carbocycles. The van der Waals surface area contributed by atoms with E-state index in [1.54, 1.807) is 0 Å². The van der Waals surface area contributed by atoms with Gasteiger partial charge in [0, 0.05) is 24.1 Å². The second-order valence-electron chi connectivity index (χ2n) is 5.35. The molecular weight excluding hydrogens is 332 g/mol. The number of piperidine rings is 1. The normalized spacial score (nSPS) is 16.4. The number of nitrogens with one attached hydrogen (secondary N) is 1. The van der Waals surface area contributed by atoms with Gasteiger partial charge in [0.2, 0.25) is 0 Å². The average Bonchev–Trinajstić information content (AvgIpc) is 2.52. The van der Waals surface area contributed by atoms with Crippen LogP contribution in [0.15, 0.2) is 22.7 Å². The zero-order valence-electron chi connectivity index (χ0n) is 12.6. The molecule has 1 aromatic carbocycles. The van der Waals surface area contributed by atoms with E-state index in [0.29, 0.717) is 12.7 Å². The van der Waals surface area contributed by atoms with Crippen LogP contribution in [0.3, 0.4) is 0 Å². The molecule has 0 aliphatic carbocycles. The lowest BCUT2D eigenvalue weighted by atomic mass is 10.1. The maximum absolute atomic E-state index is 8.80. The van der Waals surface area contributed by atoms with Crippen molar-refractivity contribution in [3.8, 4) is 0 Å². The Morgan fingerprint density at radius 2 is 2.14 bits per heavy atom. The van der Waals surface area contributed by atoms with E-state index in [1.807, 2.05) is 0 Å². The summed E-state index contributed by atoms with van der Waals surface area (Å²) in [4.78, 5) is 2.40. The standard InChI is InChI=1S/C16H25BrN2O2/c1-2-18-12-13-3-4-16(15(17)11-13)19-7-5-14(6-8-19)21-10-9-20/h3-4,11,14,18,20H,2,5-10,12H2,1H3. The van der Waals surface area contributed by atoms with Gasteiger partial charge in [0.05, 0.1) is 25.0 Å². The Morgan fingerprint density at radius 1 is 1.38 bits per heavy atom. The fraction of sp³-hybridized carbons (Fsp3) is 0.625. The first-order valence-electron chi connectivity index (χ1n) is 7.71. The molecule has 0 aromatic heterocycles. The lowest BCUT2D eigenvalue weighted by Gasteiger charge is -2.34. The highest BCUT2D eigenvalue weighted by Crippen LogP contribution is 2.30. The highest BCUT2D eigenvalue weighted by molar-refractivity contribution is 9.10. The Kier molecular flexibility index (Phi) is 6.96. The van der Waals surface area contributed by atoms with Crippen LogP contribution in [-0.2, 0) is 11.3 Å². The van der Waals surface area contributed by atoms with Gasteiger partial charge in [-0.05, 0) is 53.0 Å². The number of hydrogen-bond acceptors (Lipinski definition) is 4. The second kappa shape index (κ2) is 8.73. The van der Waals surface area contributed by atoms with Gasteiger partial charge in [0.25, 0.3) is 0 Å². The number of aliphatic hydroxyl groups is 1. The minimum atomic E-state index is 0.110. The molecule has 1 aromatic rings. The molecule has 0 amide bonds. The van der Waals surface area contributed by atoms with E-state index in [1.165, 1.54) is 11.3 Å². The maximum atomic E-state index is 8.80. The summed E-state index contributed by atoms with van der Waals surface area (Å²) in [5.41, 5.74) is 2.56. The molecule has 0 bridgehead atoms. The topological polar surface area (TPSA) is 44.7 Å². The van der Waals surface area contributed by atoms with Crippen LogP contribution in [0, 0.1) is 0 Å². The summed E-state index contributed by atoms with van der Waals surface area (Å²) in [6.07, 6.45) is 2.33. The average molecular weight is 357 g/mol. The molecule has 21 heavy (non-hydrogen) atoms. The molecule has 0 spiro atoms. The van der Waals surface area contributed by atoms with Crippen molar-refractivity contribution in [3.05, 3.63) is 28.2 Å². The van der Waals surface area contributed by atoms with Crippen LogP contribution in [-0.4, -0.2) is 44.1 Å². The van der Waals surface area contributed by atoms with E-state index >= 15 is 0 Å². The fourth-order valence-electron chi connectivity index (χ4n) is 2.67. The third-order valence-corrected chi connectivity index (χ3v) is 4.45. The summed E-state index contributed by atoms with van der Waals surface area (Å²) in [7, 11) is 0. The maximum Gasteiger partial charge on any atom is 0.0701 e. The number of aliphatic hydroxyl groups excluding tert-OH is 1. The lowest BCUT2D eigenvalue weighted by Crippen LogP contribution is -2.37. The Hall–Kier alpha value is -0.620. The van der Waals surface area contributed by atoms with Crippen molar-refractivity contribution in [1.82, 2.24) is 5.32 Å². The van der Waals surface area contributed by atoms with Crippen LogP contribution in [0.2, 0.25) is 0 Å². The predicted octanol–water partition coefficient (Wildman–Crippen LogP) is 2.54. The number of benzene rings is 1. The van der Waals surface area contributed by atoms with Crippen LogP contribution >= 0.6 is 15.9 Å². The quantitative estimate of drug-likeness (QED) is 0.787. The molecule has 2 rings (SSSR count). The molecular formula is C16H25BrN2O2. The summed E-state index contributed by atoms with van der Waals surface area (Å²) < 4.78 is 6.77. The Morgan fingerprint density at radius 3 is 2.76 bits per heavy atom. The molecule has 5 heteroatoms. The second-order valence-corrected chi connectivity index (χ2v) is 6.20. The van der Waals surface area contributed by atoms with E-state index in [9.17, 15) is 0 Å². The van der Waals surface area contributed by atoms with E-state index in [-0.39, 0.29) is 6.61 Å². The molecule has 1 fully saturated rings. The molecule has 0 unspecified atom stereocenters. The van der Waals surface area contributed by atoms with Crippen LogP contribution in [0.25, 0.3) is 0 Å². The predicted molar refractivity (Wildman–Crippen MR) is 89.8 cm³/mol. The molecule has 1 aliphatic rings. The summed E-state index contributed by atoms with van der Waals surface area (Å²) >= 11 is 3.70. The Bertz CT molecular complexity index is 434. The van der Waals surface area contributed by atoms with Gasteiger partial charge in [-0.25, -0.2) is 0 Å². The fourth-order valence-corrected chi connectivity index (χ4v) is 3.35. The molecule has 118 valence electrons. The van der Waals surface area contributed by atoms with Crippen LogP contribution in [0.4, 0.5) is 5.69 Å². The molecule has 0 radical (unpaired) electrons. The largest absolute Gasteiger partial charge is 0.394 e. The lowest BCUT2D eigenvalue weighted by molar-refractivity contribution is 0.0159. The number of anilines is 1. The van der Waals surface area contributed by atoms with Crippen molar-refractivity contribution < 1.29 is 9.84 Å². The van der Waals surface area contributed by atoms with Crippen molar-refractivity contribution >= 4 is 21.6 Å². The molecule has 1 saturated heterocycles. The Labute approximate surface area is 135 Å². The SMILES string of the molecule is CCNCc1ccc(N2CCC(OCCO)CC2)c(Br)c1. The number of hydrogen-bond donors (Lipinski definition) is 2. The third kappa shape index (κ3) is 4.95. The van der Waals surface area contributed by atoms with Gasteiger partial charge in [-0.3, -0.25) is 0 Å². The first kappa shape index (κ1) is 16.7. The van der Waals surface area contributed by atoms with Gasteiger partial charge >= 0.3 is 0 Å². The highest BCUT2D eigenvalue weighted by atomic mass is 79.9. The summed E-state index contributed by atoms with van der Waals surface area (Å²) in [5.74, 6) is 0. The highest BCUT2D eigenvalue weighted by Gasteiger charge is 2.21. The number of nitrogens with zero attached hydrogens (tertiary/aromatic N) is 1. The van der Waals surface area contributed by atoms with Crippen LogP contribution in [0.5, 0.6) is 0 Å². The molecule has 1 heterocycles. The Balaban J connectivity index is 1.91. The van der Waals surface area contributed by atoms with Crippen molar-refractivity contribution in [3.63, 3.8) is 0 Å². The summed E-state index contributed by atoms with van der Waals surface area (Å²) in [6.45, 7) is 6.58. The third-order valence-electron chi connectivity index (χ3n) is 3.82. The minimum Gasteiger partial charge on any atom is -0.394 e. The molecule has 0 atom stereocenters. The van der Waals surface area contributed by atoms with E-state index in [4.69, 9.17) is 9.84 Å². The van der Waals surface area contributed by atoms with Crippen molar-refractivity contribution in [1.29, 1.82) is 0 Å². The molecule has 1 aliphatic heterocycles. The van der Waals surface area contributed by atoms with Crippen molar-refractivity contribution in [2.24, 2.45) is 0 Å². The van der Waals surface area contributed by atoms with Gasteiger partial charge in [0.15, 0.2) is 0 Å². The van der Waals surface area contributed by atoms with Crippen LogP contribution in [0.1, 0.15) is 25.3 Å². The smallest absolute Gasteiger partial charge is 0.0701 e. The van der Waals surface area contributed by atoms with Crippen LogP contribution < -0.4 is 10.2 Å². The number of halogens is 1. The van der Waals surface area contributed by atoms with E-state index in [0.717, 1.165) is 43.5 Å². The molecule has 4 nitrogen and oxygen atoms in total. The monoisotopic (exact) mass is 356 g/mol.